The summed E-state index contributed by atoms with van der Waals surface area (Å²) in [4.78, 5) is 0. The topological polar surface area (TPSA) is 53.5 Å². The summed E-state index contributed by atoms with van der Waals surface area (Å²) in [5.41, 5.74) is 2.69. The van der Waals surface area contributed by atoms with Crippen LogP contribution in [0.1, 0.15) is 18.1 Å². The van der Waals surface area contributed by atoms with Crippen LogP contribution in [0, 0.1) is 6.92 Å². The molecule has 0 bridgehead atoms. The first-order valence-corrected chi connectivity index (χ1v) is 6.05. The summed E-state index contributed by atoms with van der Waals surface area (Å²) >= 11 is 0. The highest BCUT2D eigenvalue weighted by Gasteiger charge is 1.99. The van der Waals surface area contributed by atoms with Gasteiger partial charge < -0.3 is 15.7 Å². The van der Waals surface area contributed by atoms with E-state index in [1.165, 1.54) is 11.1 Å². The minimum Gasteiger partial charge on any atom is -0.388 e. The number of benzene rings is 1. The van der Waals surface area contributed by atoms with Crippen LogP contribution >= 0.6 is 0 Å². The number of aryl methyl sites for hydroxylation is 1. The lowest BCUT2D eigenvalue weighted by Crippen LogP contribution is -2.95. The molecule has 1 rings (SSSR count). The van der Waals surface area contributed by atoms with Gasteiger partial charge in [0, 0.05) is 5.56 Å². The fourth-order valence-corrected chi connectivity index (χ4v) is 1.59. The molecule has 16 heavy (non-hydrogen) atoms. The molecule has 3 heteroatoms. The monoisotopic (exact) mass is 224 g/mol. The Labute approximate surface area is 97.9 Å². The third-order valence-corrected chi connectivity index (χ3v) is 2.58. The van der Waals surface area contributed by atoms with E-state index in [1.54, 1.807) is 0 Å². The molecule has 0 aliphatic rings. The highest BCUT2D eigenvalue weighted by molar-refractivity contribution is 5.20. The number of aliphatic hydroxyl groups is 1. The van der Waals surface area contributed by atoms with Gasteiger partial charge in [0.15, 0.2) is 0 Å². The van der Waals surface area contributed by atoms with Crippen LogP contribution in [0.5, 0.6) is 0 Å². The fourth-order valence-electron chi connectivity index (χ4n) is 1.59. The second kappa shape index (κ2) is 7.39. The Morgan fingerprint density at radius 2 is 1.75 bits per heavy atom. The van der Waals surface area contributed by atoms with Crippen LogP contribution in [0.25, 0.3) is 0 Å². The summed E-state index contributed by atoms with van der Waals surface area (Å²) in [6.45, 7) is 7.95. The smallest absolute Gasteiger partial charge is 0.125 e. The number of quaternary nitrogens is 2. The minimum absolute atomic E-state index is 0.197. The molecule has 0 spiro atoms. The Bertz CT molecular complexity index is 282. The summed E-state index contributed by atoms with van der Waals surface area (Å²) < 4.78 is 0. The number of aliphatic hydroxyl groups excluding tert-OH is 1. The molecular formula is C13H24N2O+2. The lowest BCUT2D eigenvalue weighted by atomic mass is 10.1. The molecule has 0 radical (unpaired) electrons. The minimum atomic E-state index is -0.197. The van der Waals surface area contributed by atoms with Gasteiger partial charge in [-0.05, 0) is 13.8 Å². The molecule has 0 fully saturated rings. The van der Waals surface area contributed by atoms with Crippen LogP contribution in [0.2, 0.25) is 0 Å². The quantitative estimate of drug-likeness (QED) is 0.511. The molecule has 0 heterocycles. The van der Waals surface area contributed by atoms with Crippen LogP contribution in [-0.2, 0) is 6.54 Å². The van der Waals surface area contributed by atoms with Crippen molar-refractivity contribution in [3.63, 3.8) is 0 Å². The summed E-state index contributed by atoms with van der Waals surface area (Å²) in [6, 6.07) is 8.68. The fraction of sp³-hybridized carbons (Fsp3) is 0.538. The van der Waals surface area contributed by atoms with Crippen molar-refractivity contribution in [3.8, 4) is 0 Å². The maximum atomic E-state index is 9.07. The first-order valence-electron chi connectivity index (χ1n) is 6.05. The average molecular weight is 224 g/mol. The van der Waals surface area contributed by atoms with E-state index < -0.39 is 0 Å². The molecule has 5 N–H and O–H groups in total. The summed E-state index contributed by atoms with van der Waals surface area (Å²) in [6.07, 6.45) is -0.197. The van der Waals surface area contributed by atoms with Gasteiger partial charge in [-0.1, -0.05) is 29.8 Å². The van der Waals surface area contributed by atoms with Crippen molar-refractivity contribution in [2.24, 2.45) is 0 Å². The Balaban J connectivity index is 2.05. The normalized spacial score (nSPS) is 12.7. The van der Waals surface area contributed by atoms with Crippen molar-refractivity contribution in [2.75, 3.05) is 19.6 Å². The zero-order valence-electron chi connectivity index (χ0n) is 10.3. The highest BCUT2D eigenvalue weighted by Crippen LogP contribution is 2.00. The maximum Gasteiger partial charge on any atom is 0.125 e. The molecule has 0 aromatic heterocycles. The first kappa shape index (κ1) is 13.2. The molecule has 0 saturated heterocycles. The van der Waals surface area contributed by atoms with Crippen molar-refractivity contribution >= 4 is 0 Å². The van der Waals surface area contributed by atoms with Crippen LogP contribution in [-0.4, -0.2) is 30.8 Å². The molecular weight excluding hydrogens is 200 g/mol. The third kappa shape index (κ3) is 5.85. The molecule has 1 aromatic carbocycles. The first-order chi connectivity index (χ1) is 7.68. The predicted molar refractivity (Wildman–Crippen MR) is 65.0 cm³/mol. The molecule has 0 amide bonds. The van der Waals surface area contributed by atoms with Gasteiger partial charge in [-0.2, -0.15) is 0 Å². The van der Waals surface area contributed by atoms with E-state index in [9.17, 15) is 0 Å². The highest BCUT2D eigenvalue weighted by atomic mass is 16.3. The Morgan fingerprint density at radius 1 is 1.12 bits per heavy atom. The van der Waals surface area contributed by atoms with Gasteiger partial charge in [0.25, 0.3) is 0 Å². The van der Waals surface area contributed by atoms with E-state index in [4.69, 9.17) is 5.11 Å². The van der Waals surface area contributed by atoms with Crippen LogP contribution < -0.4 is 10.6 Å². The van der Waals surface area contributed by atoms with Gasteiger partial charge in [0.05, 0.1) is 6.10 Å². The number of nitrogens with two attached hydrogens (primary N) is 2. The Kier molecular flexibility index (Phi) is 6.08. The Hall–Kier alpha value is -0.900. The van der Waals surface area contributed by atoms with Crippen molar-refractivity contribution in [2.45, 2.75) is 26.5 Å². The van der Waals surface area contributed by atoms with E-state index in [1.807, 2.05) is 6.92 Å². The van der Waals surface area contributed by atoms with E-state index >= 15 is 0 Å². The number of hydrogen-bond acceptors (Lipinski definition) is 1. The van der Waals surface area contributed by atoms with Gasteiger partial charge in [0.1, 0.15) is 26.2 Å². The van der Waals surface area contributed by atoms with Crippen LogP contribution in [0.4, 0.5) is 0 Å². The van der Waals surface area contributed by atoms with Crippen molar-refractivity contribution in [3.05, 3.63) is 35.4 Å². The van der Waals surface area contributed by atoms with Gasteiger partial charge >= 0.3 is 0 Å². The van der Waals surface area contributed by atoms with Crippen LogP contribution in [0.15, 0.2) is 24.3 Å². The van der Waals surface area contributed by atoms with E-state index in [2.05, 4.69) is 41.8 Å². The van der Waals surface area contributed by atoms with Crippen molar-refractivity contribution < 1.29 is 15.7 Å². The number of hydrogen-bond donors (Lipinski definition) is 3. The molecule has 90 valence electrons. The number of rotatable bonds is 7. The third-order valence-electron chi connectivity index (χ3n) is 2.58. The van der Waals surface area contributed by atoms with Gasteiger partial charge in [-0.15, -0.1) is 0 Å². The molecule has 0 aliphatic heterocycles. The standard InChI is InChI=1S/C13H22N2O/c1-11-3-5-13(6-4-11)10-15-8-7-14-9-12(2)16/h3-6,12,14-16H,7-10H2,1-2H3/p+2/t12-/m1/s1. The van der Waals surface area contributed by atoms with Gasteiger partial charge in [-0.25, -0.2) is 0 Å². The van der Waals surface area contributed by atoms with E-state index in [-0.39, 0.29) is 6.10 Å². The van der Waals surface area contributed by atoms with Gasteiger partial charge in [0.2, 0.25) is 0 Å². The zero-order valence-corrected chi connectivity index (χ0v) is 10.3. The summed E-state index contributed by atoms with van der Waals surface area (Å²) in [7, 11) is 0. The lowest BCUT2D eigenvalue weighted by molar-refractivity contribution is -0.733. The lowest BCUT2D eigenvalue weighted by Gasteiger charge is -2.04. The molecule has 1 atom stereocenters. The van der Waals surface area contributed by atoms with E-state index in [0.29, 0.717) is 0 Å². The maximum absolute atomic E-state index is 9.07. The molecule has 0 unspecified atom stereocenters. The predicted octanol–water partition coefficient (Wildman–Crippen LogP) is -0.997. The average Bonchev–Trinajstić information content (AvgIpc) is 2.25. The molecule has 1 aromatic rings. The molecule has 0 aliphatic carbocycles. The van der Waals surface area contributed by atoms with Crippen molar-refractivity contribution in [1.29, 1.82) is 0 Å². The zero-order chi connectivity index (χ0) is 11.8. The largest absolute Gasteiger partial charge is 0.388 e. The van der Waals surface area contributed by atoms with E-state index in [0.717, 1.165) is 26.2 Å². The molecule has 3 nitrogen and oxygen atoms in total. The van der Waals surface area contributed by atoms with Crippen LogP contribution in [0.3, 0.4) is 0 Å². The Morgan fingerprint density at radius 3 is 2.38 bits per heavy atom. The summed E-state index contributed by atoms with van der Waals surface area (Å²) in [5, 5.41) is 13.5. The SMILES string of the molecule is Cc1ccc(C[NH2+]CC[NH2+]C[C@@H](C)O)cc1. The van der Waals surface area contributed by atoms with Crippen molar-refractivity contribution in [1.82, 2.24) is 0 Å². The second-order valence-corrected chi connectivity index (χ2v) is 4.43. The second-order valence-electron chi connectivity index (χ2n) is 4.43. The summed E-state index contributed by atoms with van der Waals surface area (Å²) in [5.74, 6) is 0. The van der Waals surface area contributed by atoms with Gasteiger partial charge in [-0.3, -0.25) is 0 Å². The molecule has 0 saturated carbocycles.